The van der Waals surface area contributed by atoms with Crippen molar-refractivity contribution in [2.24, 2.45) is 0 Å². The number of benzene rings is 2. The minimum absolute atomic E-state index is 0.136. The van der Waals surface area contributed by atoms with Crippen molar-refractivity contribution in [3.8, 4) is 5.75 Å². The number of nitrogens with one attached hydrogen (secondary N) is 1. The molecule has 5 nitrogen and oxygen atoms in total. The number of likely N-dealkylation sites (tertiary alicyclic amines) is 1. The molecule has 2 aromatic carbocycles. The number of rotatable bonds is 5. The molecule has 2 saturated heterocycles. The molecular formula is C23H26FN3O2S. The van der Waals surface area contributed by atoms with E-state index in [-0.39, 0.29) is 18.0 Å². The lowest BCUT2D eigenvalue weighted by Crippen LogP contribution is -2.56. The lowest BCUT2D eigenvalue weighted by Gasteiger charge is -2.43. The van der Waals surface area contributed by atoms with E-state index in [9.17, 15) is 9.18 Å². The van der Waals surface area contributed by atoms with Gasteiger partial charge in [0.2, 0.25) is 0 Å². The lowest BCUT2D eigenvalue weighted by molar-refractivity contribution is 0.184. The van der Waals surface area contributed by atoms with E-state index in [1.54, 1.807) is 17.0 Å². The zero-order valence-electron chi connectivity index (χ0n) is 17.2. The molecule has 2 aliphatic rings. The van der Waals surface area contributed by atoms with Gasteiger partial charge in [-0.3, -0.25) is 15.1 Å². The fraction of sp³-hybridized carbons (Fsp3) is 0.391. The Labute approximate surface area is 181 Å². The maximum Gasteiger partial charge on any atom is 0.327 e. The lowest BCUT2D eigenvalue weighted by atomic mass is 9.86. The normalized spacial score (nSPS) is 18.9. The molecule has 0 unspecified atom stereocenters. The second-order valence-corrected chi connectivity index (χ2v) is 8.60. The highest BCUT2D eigenvalue weighted by Gasteiger charge is 2.52. The molecule has 0 aliphatic carbocycles. The number of halogens is 1. The van der Waals surface area contributed by atoms with Crippen LogP contribution < -0.4 is 15.0 Å². The first-order valence-electron chi connectivity index (χ1n) is 10.3. The molecular weight excluding hydrogens is 401 g/mol. The summed E-state index contributed by atoms with van der Waals surface area (Å²) in [6.45, 7) is 6.41. The quantitative estimate of drug-likeness (QED) is 0.714. The van der Waals surface area contributed by atoms with Crippen LogP contribution >= 0.6 is 12.2 Å². The highest BCUT2D eigenvalue weighted by molar-refractivity contribution is 7.80. The van der Waals surface area contributed by atoms with E-state index in [2.05, 4.69) is 22.3 Å². The van der Waals surface area contributed by atoms with Crippen molar-refractivity contribution in [3.05, 3.63) is 59.9 Å². The third kappa shape index (κ3) is 4.04. The number of ether oxygens (including phenoxy) is 1. The number of carbonyl (C=O) groups is 1. The van der Waals surface area contributed by atoms with Gasteiger partial charge in [0.25, 0.3) is 0 Å². The molecule has 0 bridgehead atoms. The number of piperidine rings is 1. The number of nitrogens with zero attached hydrogens (tertiary/aromatic N) is 2. The molecule has 7 heteroatoms. The Morgan fingerprint density at radius 1 is 1.17 bits per heavy atom. The van der Waals surface area contributed by atoms with Crippen molar-refractivity contribution < 1.29 is 13.9 Å². The number of amides is 2. The van der Waals surface area contributed by atoms with Gasteiger partial charge in [-0.05, 0) is 62.6 Å². The predicted molar refractivity (Wildman–Crippen MR) is 119 cm³/mol. The highest BCUT2D eigenvalue weighted by atomic mass is 32.1. The summed E-state index contributed by atoms with van der Waals surface area (Å²) in [4.78, 5) is 17.2. The van der Waals surface area contributed by atoms with Gasteiger partial charge >= 0.3 is 6.03 Å². The SMILES string of the molecule is CC(C)Oc1cccc(CN2CCC3(CC2)C(=S)NC(=O)N3c2cccc(F)c2)c1. The van der Waals surface area contributed by atoms with Crippen LogP contribution in [0.2, 0.25) is 0 Å². The summed E-state index contributed by atoms with van der Waals surface area (Å²) in [5.41, 5.74) is 1.13. The first-order valence-corrected chi connectivity index (χ1v) is 10.7. The molecule has 2 heterocycles. The van der Waals surface area contributed by atoms with Gasteiger partial charge in [0.05, 0.1) is 6.10 Å². The molecule has 1 N–H and O–H groups in total. The van der Waals surface area contributed by atoms with Crippen LogP contribution in [0.5, 0.6) is 5.75 Å². The van der Waals surface area contributed by atoms with Crippen LogP contribution in [0, 0.1) is 5.82 Å². The van der Waals surface area contributed by atoms with Crippen LogP contribution in [0.15, 0.2) is 48.5 Å². The molecule has 158 valence electrons. The molecule has 2 amide bonds. The van der Waals surface area contributed by atoms with Gasteiger partial charge in [0, 0.05) is 25.3 Å². The monoisotopic (exact) mass is 427 g/mol. The van der Waals surface area contributed by atoms with E-state index >= 15 is 0 Å². The van der Waals surface area contributed by atoms with Crippen LogP contribution in [-0.2, 0) is 6.54 Å². The number of carbonyl (C=O) groups excluding carboxylic acids is 1. The van der Waals surface area contributed by atoms with E-state index < -0.39 is 5.54 Å². The molecule has 0 radical (unpaired) electrons. The zero-order valence-corrected chi connectivity index (χ0v) is 18.0. The topological polar surface area (TPSA) is 44.8 Å². The van der Waals surface area contributed by atoms with Gasteiger partial charge in [-0.25, -0.2) is 9.18 Å². The number of thiocarbonyl (C=S) groups is 1. The Kier molecular flexibility index (Phi) is 5.75. The van der Waals surface area contributed by atoms with E-state index in [1.807, 2.05) is 26.0 Å². The maximum atomic E-state index is 13.8. The number of anilines is 1. The summed E-state index contributed by atoms with van der Waals surface area (Å²) in [6, 6.07) is 14.0. The summed E-state index contributed by atoms with van der Waals surface area (Å²) in [5, 5.41) is 2.80. The smallest absolute Gasteiger partial charge is 0.327 e. The first-order chi connectivity index (χ1) is 14.4. The standard InChI is InChI=1S/C23H26FN3O2S/c1-16(2)29-20-8-3-5-17(13-20)15-26-11-9-23(10-12-26)21(30)25-22(28)27(23)19-7-4-6-18(24)14-19/h3-8,13-14,16H,9-12,15H2,1-2H3,(H,25,28,30). The van der Waals surface area contributed by atoms with Crippen molar-refractivity contribution in [1.82, 2.24) is 10.2 Å². The Morgan fingerprint density at radius 2 is 1.90 bits per heavy atom. The van der Waals surface area contributed by atoms with Crippen LogP contribution in [0.25, 0.3) is 0 Å². The zero-order chi connectivity index (χ0) is 21.3. The summed E-state index contributed by atoms with van der Waals surface area (Å²) in [7, 11) is 0. The van der Waals surface area contributed by atoms with Crippen molar-refractivity contribution in [2.45, 2.75) is 44.9 Å². The third-order valence-corrected chi connectivity index (χ3v) is 6.18. The maximum absolute atomic E-state index is 13.8. The molecule has 2 aliphatic heterocycles. The van der Waals surface area contributed by atoms with Crippen LogP contribution in [-0.4, -0.2) is 40.7 Å². The molecule has 0 saturated carbocycles. The van der Waals surface area contributed by atoms with Crippen molar-refractivity contribution in [1.29, 1.82) is 0 Å². The molecule has 1 spiro atoms. The van der Waals surface area contributed by atoms with Crippen molar-refractivity contribution >= 4 is 28.9 Å². The van der Waals surface area contributed by atoms with Crippen molar-refractivity contribution in [3.63, 3.8) is 0 Å². The van der Waals surface area contributed by atoms with E-state index in [4.69, 9.17) is 17.0 Å². The van der Waals surface area contributed by atoms with Gasteiger partial charge in [-0.2, -0.15) is 0 Å². The van der Waals surface area contributed by atoms with Gasteiger partial charge in [-0.15, -0.1) is 0 Å². The molecule has 2 aromatic rings. The predicted octanol–water partition coefficient (Wildman–Crippen LogP) is 4.50. The highest BCUT2D eigenvalue weighted by Crippen LogP contribution is 2.38. The molecule has 0 atom stereocenters. The van der Waals surface area contributed by atoms with Crippen LogP contribution in [0.1, 0.15) is 32.3 Å². The number of hydrogen-bond acceptors (Lipinski definition) is 4. The van der Waals surface area contributed by atoms with Crippen LogP contribution in [0.4, 0.5) is 14.9 Å². The van der Waals surface area contributed by atoms with Gasteiger partial charge < -0.3 is 4.74 Å². The summed E-state index contributed by atoms with van der Waals surface area (Å²) in [5.74, 6) is 0.509. The number of hydrogen-bond donors (Lipinski definition) is 1. The Bertz CT molecular complexity index is 957. The van der Waals surface area contributed by atoms with Gasteiger partial charge in [-0.1, -0.05) is 30.4 Å². The van der Waals surface area contributed by atoms with E-state index in [0.29, 0.717) is 23.5 Å². The minimum atomic E-state index is -0.598. The second kappa shape index (κ2) is 8.32. The molecule has 30 heavy (non-hydrogen) atoms. The van der Waals surface area contributed by atoms with Gasteiger partial charge in [0.15, 0.2) is 0 Å². The molecule has 2 fully saturated rings. The number of urea groups is 1. The van der Waals surface area contributed by atoms with E-state index in [0.717, 1.165) is 25.4 Å². The van der Waals surface area contributed by atoms with E-state index in [1.165, 1.54) is 17.7 Å². The average molecular weight is 428 g/mol. The second-order valence-electron chi connectivity index (χ2n) is 8.20. The van der Waals surface area contributed by atoms with Crippen molar-refractivity contribution in [2.75, 3.05) is 18.0 Å². The fourth-order valence-corrected chi connectivity index (χ4v) is 4.71. The van der Waals surface area contributed by atoms with Gasteiger partial charge in [0.1, 0.15) is 22.1 Å². The summed E-state index contributed by atoms with van der Waals surface area (Å²) >= 11 is 5.56. The first kappa shape index (κ1) is 20.8. The van der Waals surface area contributed by atoms with Crippen LogP contribution in [0.3, 0.4) is 0 Å². The summed E-state index contributed by atoms with van der Waals surface area (Å²) in [6.07, 6.45) is 1.53. The Hall–Kier alpha value is -2.51. The minimum Gasteiger partial charge on any atom is -0.491 e. The average Bonchev–Trinajstić information content (AvgIpc) is 2.93. The fourth-order valence-electron chi connectivity index (χ4n) is 4.32. The molecule has 4 rings (SSSR count). The summed E-state index contributed by atoms with van der Waals surface area (Å²) < 4.78 is 19.6. The third-order valence-electron chi connectivity index (χ3n) is 5.70. The molecule has 0 aromatic heterocycles. The Morgan fingerprint density at radius 3 is 2.60 bits per heavy atom. The Balaban J connectivity index is 1.48. The largest absolute Gasteiger partial charge is 0.491 e.